The Morgan fingerprint density at radius 3 is 2.24 bits per heavy atom. The highest BCUT2D eigenvalue weighted by molar-refractivity contribution is 7.89. The molecule has 6 nitrogen and oxygen atoms in total. The van der Waals surface area contributed by atoms with Crippen LogP contribution in [0.1, 0.15) is 27.4 Å². The zero-order chi connectivity index (χ0) is 24.0. The van der Waals surface area contributed by atoms with E-state index in [1.54, 1.807) is 41.5 Å². The average Bonchev–Trinajstić information content (AvgIpc) is 2.84. The molecule has 1 N–H and O–H groups in total. The molecule has 0 aliphatic carbocycles. The van der Waals surface area contributed by atoms with Gasteiger partial charge >= 0.3 is 0 Å². The van der Waals surface area contributed by atoms with Crippen LogP contribution in [0, 0.1) is 6.92 Å². The Kier molecular flexibility index (Phi) is 5.80. The molecule has 3 aromatic carbocycles. The van der Waals surface area contributed by atoms with E-state index in [2.05, 4.69) is 29.6 Å². The van der Waals surface area contributed by atoms with Gasteiger partial charge in [-0.1, -0.05) is 48.5 Å². The molecule has 0 spiro atoms. The number of rotatable bonds is 5. The van der Waals surface area contributed by atoms with Gasteiger partial charge in [0.25, 0.3) is 5.91 Å². The fourth-order valence-corrected chi connectivity index (χ4v) is 6.66. The van der Waals surface area contributed by atoms with Gasteiger partial charge in [0.15, 0.2) is 0 Å². The number of hydrogen-bond acceptors (Lipinski definition) is 4. The maximum atomic E-state index is 13.1. The molecule has 0 aromatic heterocycles. The van der Waals surface area contributed by atoms with Crippen molar-refractivity contribution in [1.82, 2.24) is 14.5 Å². The summed E-state index contributed by atoms with van der Waals surface area (Å²) in [6, 6.07) is 23.4. The van der Waals surface area contributed by atoms with E-state index in [9.17, 15) is 13.2 Å². The molecule has 3 aromatic rings. The van der Waals surface area contributed by atoms with E-state index in [-0.39, 0.29) is 18.0 Å². The molecular formula is C27H29N3O3S. The number of hydrogen-bond donors (Lipinski definition) is 1. The third kappa shape index (κ3) is 4.04. The molecule has 1 unspecified atom stereocenters. The van der Waals surface area contributed by atoms with Gasteiger partial charge < -0.3 is 10.2 Å². The summed E-state index contributed by atoms with van der Waals surface area (Å²) in [6.45, 7) is 2.84. The van der Waals surface area contributed by atoms with Crippen molar-refractivity contribution in [3.63, 3.8) is 0 Å². The highest BCUT2D eigenvalue weighted by Crippen LogP contribution is 2.39. The van der Waals surface area contributed by atoms with Crippen molar-refractivity contribution in [2.45, 2.75) is 29.8 Å². The number of aryl methyl sites for hydroxylation is 1. The van der Waals surface area contributed by atoms with Crippen molar-refractivity contribution in [2.24, 2.45) is 0 Å². The van der Waals surface area contributed by atoms with Crippen LogP contribution in [0.15, 0.2) is 77.7 Å². The van der Waals surface area contributed by atoms with Gasteiger partial charge in [0, 0.05) is 50.7 Å². The number of fused-ring (bicyclic) bond motifs is 2. The molecule has 3 fully saturated rings. The molecule has 2 bridgehead atoms. The van der Waals surface area contributed by atoms with Gasteiger partial charge in [-0.2, -0.15) is 4.31 Å². The number of sulfonamides is 1. The summed E-state index contributed by atoms with van der Waals surface area (Å²) in [5.74, 6) is 0.275. The third-order valence-corrected chi connectivity index (χ3v) is 8.70. The highest BCUT2D eigenvalue weighted by atomic mass is 32.2. The van der Waals surface area contributed by atoms with Crippen LogP contribution in [-0.2, 0) is 10.0 Å². The van der Waals surface area contributed by atoms with Crippen molar-refractivity contribution in [3.8, 4) is 11.1 Å². The van der Waals surface area contributed by atoms with E-state index in [0.29, 0.717) is 29.5 Å². The molecule has 0 radical (unpaired) electrons. The van der Waals surface area contributed by atoms with E-state index in [0.717, 1.165) is 16.7 Å². The van der Waals surface area contributed by atoms with Crippen LogP contribution in [0.5, 0.6) is 0 Å². The van der Waals surface area contributed by atoms with Gasteiger partial charge in [-0.3, -0.25) is 4.79 Å². The Morgan fingerprint density at radius 2 is 1.59 bits per heavy atom. The van der Waals surface area contributed by atoms with Crippen LogP contribution < -0.4 is 5.32 Å². The van der Waals surface area contributed by atoms with Crippen molar-refractivity contribution in [1.29, 1.82) is 0 Å². The molecule has 7 heteroatoms. The Labute approximate surface area is 201 Å². The second-order valence-corrected chi connectivity index (χ2v) is 11.4. The zero-order valence-corrected chi connectivity index (χ0v) is 20.4. The van der Waals surface area contributed by atoms with Crippen molar-refractivity contribution < 1.29 is 13.2 Å². The monoisotopic (exact) mass is 475 g/mol. The van der Waals surface area contributed by atoms with Crippen LogP contribution in [0.25, 0.3) is 11.1 Å². The van der Waals surface area contributed by atoms with Crippen LogP contribution in [-0.4, -0.2) is 62.8 Å². The van der Waals surface area contributed by atoms with Crippen molar-refractivity contribution in [2.75, 3.05) is 27.2 Å². The molecule has 34 heavy (non-hydrogen) atoms. The predicted octanol–water partition coefficient (Wildman–Crippen LogP) is 3.49. The van der Waals surface area contributed by atoms with Crippen molar-refractivity contribution >= 4 is 15.9 Å². The van der Waals surface area contributed by atoms with E-state index in [1.807, 2.05) is 37.3 Å². The molecule has 0 saturated carbocycles. The van der Waals surface area contributed by atoms with Crippen LogP contribution >= 0.6 is 0 Å². The summed E-state index contributed by atoms with van der Waals surface area (Å²) in [4.78, 5) is 14.2. The summed E-state index contributed by atoms with van der Waals surface area (Å²) >= 11 is 0. The lowest BCUT2D eigenvalue weighted by atomic mass is 9.75. The Balaban J connectivity index is 1.31. The largest absolute Gasteiger partial charge is 0.345 e. The highest BCUT2D eigenvalue weighted by Gasteiger charge is 2.49. The lowest BCUT2D eigenvalue weighted by Crippen LogP contribution is -2.72. The topological polar surface area (TPSA) is 69.7 Å². The second-order valence-electron chi connectivity index (χ2n) is 9.45. The van der Waals surface area contributed by atoms with Gasteiger partial charge in [0.1, 0.15) is 0 Å². The Hall–Kier alpha value is -3.00. The Bertz CT molecular complexity index is 1320. The maximum absolute atomic E-state index is 13.1. The minimum absolute atomic E-state index is 0.0167. The standard InChI is InChI=1S/C27H29N3O3S/c1-18-6-4-9-23(14-18)34(32,33)30-16-24-26(25(17-30)28-24)20-12-10-19(11-13-20)21-7-5-8-22(15-21)27(31)29(2)3/h4-15,24-26,28H,16-17H2,1-3H3/t24-,25+,26?. The molecule has 3 heterocycles. The zero-order valence-electron chi connectivity index (χ0n) is 19.6. The van der Waals surface area contributed by atoms with Crippen molar-refractivity contribution in [3.05, 3.63) is 89.5 Å². The number of piperazine rings is 1. The number of nitrogens with one attached hydrogen (secondary N) is 1. The molecule has 176 valence electrons. The first-order chi connectivity index (χ1) is 16.2. The summed E-state index contributed by atoms with van der Waals surface area (Å²) < 4.78 is 27.9. The van der Waals surface area contributed by atoms with Gasteiger partial charge in [-0.25, -0.2) is 8.42 Å². The first-order valence-corrected chi connectivity index (χ1v) is 12.9. The molecule has 1 amide bonds. The molecule has 3 saturated heterocycles. The normalized spacial score (nSPS) is 22.1. The van der Waals surface area contributed by atoms with Gasteiger partial charge in [-0.15, -0.1) is 0 Å². The summed E-state index contributed by atoms with van der Waals surface area (Å²) in [7, 11) is 0.0108. The lowest BCUT2D eigenvalue weighted by molar-refractivity contribution is 0.0827. The fraction of sp³-hybridized carbons (Fsp3) is 0.296. The molecule has 6 rings (SSSR count). The van der Waals surface area contributed by atoms with E-state index < -0.39 is 10.0 Å². The molecule has 3 atom stereocenters. The number of carbonyl (C=O) groups excluding carboxylic acids is 1. The SMILES string of the molecule is Cc1cccc(S(=O)(=O)N2C[C@@H]3N[C@H](C2)C3c2ccc(-c3cccc(C(=O)N(C)C)c3)cc2)c1. The van der Waals surface area contributed by atoms with Crippen LogP contribution in [0.2, 0.25) is 0 Å². The number of nitrogens with zero attached hydrogens (tertiary/aromatic N) is 2. The summed E-state index contributed by atoms with van der Waals surface area (Å²) in [6.07, 6.45) is 0. The Morgan fingerprint density at radius 1 is 0.912 bits per heavy atom. The smallest absolute Gasteiger partial charge is 0.253 e. The summed E-state index contributed by atoms with van der Waals surface area (Å²) in [5, 5.41) is 3.52. The predicted molar refractivity (Wildman–Crippen MR) is 133 cm³/mol. The number of carbonyl (C=O) groups is 1. The average molecular weight is 476 g/mol. The molecular weight excluding hydrogens is 446 g/mol. The van der Waals surface area contributed by atoms with Crippen LogP contribution in [0.3, 0.4) is 0 Å². The van der Waals surface area contributed by atoms with Gasteiger partial charge in [0.2, 0.25) is 10.0 Å². The maximum Gasteiger partial charge on any atom is 0.253 e. The minimum Gasteiger partial charge on any atom is -0.345 e. The number of piperidine rings is 1. The quantitative estimate of drug-likeness (QED) is 0.613. The third-order valence-electron chi connectivity index (χ3n) is 6.87. The first kappa shape index (κ1) is 22.8. The van der Waals surface area contributed by atoms with Crippen LogP contribution in [0.4, 0.5) is 0 Å². The van der Waals surface area contributed by atoms with Gasteiger partial charge in [0.05, 0.1) is 4.90 Å². The number of benzene rings is 3. The second kappa shape index (κ2) is 8.65. The number of amides is 1. The van der Waals surface area contributed by atoms with Gasteiger partial charge in [-0.05, 0) is 53.4 Å². The van der Waals surface area contributed by atoms with E-state index >= 15 is 0 Å². The minimum atomic E-state index is -3.49. The lowest BCUT2D eigenvalue weighted by Gasteiger charge is -2.54. The fourth-order valence-electron chi connectivity index (χ4n) is 5.06. The van der Waals surface area contributed by atoms with E-state index in [1.165, 1.54) is 5.56 Å². The first-order valence-electron chi connectivity index (χ1n) is 11.5. The summed E-state index contributed by atoms with van der Waals surface area (Å²) in [5.41, 5.74) is 4.88. The van der Waals surface area contributed by atoms with E-state index in [4.69, 9.17) is 0 Å². The molecule has 3 aliphatic heterocycles. The molecule has 3 aliphatic rings.